The molecule has 0 fully saturated rings. The highest BCUT2D eigenvalue weighted by Gasteiger charge is 2.23. The number of furan rings is 1. The molecule has 2 heterocycles. The number of esters is 1. The van der Waals surface area contributed by atoms with Crippen LogP contribution >= 0.6 is 11.3 Å². The SMILES string of the molecule is CCOC(=O)c1c(-c2ccccc2)oc2ccc(OCC(=O)N/N=C\c3cccs3)cc12. The molecule has 32 heavy (non-hydrogen) atoms. The van der Waals surface area contributed by atoms with Gasteiger partial charge in [0.1, 0.15) is 22.7 Å². The van der Waals surface area contributed by atoms with E-state index in [0.717, 1.165) is 10.4 Å². The summed E-state index contributed by atoms with van der Waals surface area (Å²) in [4.78, 5) is 25.7. The van der Waals surface area contributed by atoms with Crippen molar-refractivity contribution in [1.82, 2.24) is 5.43 Å². The number of benzene rings is 2. The number of amides is 1. The number of rotatable bonds is 8. The molecular formula is C24H20N2O5S. The van der Waals surface area contributed by atoms with Crippen LogP contribution in [0.2, 0.25) is 0 Å². The van der Waals surface area contributed by atoms with Gasteiger partial charge in [-0.1, -0.05) is 36.4 Å². The summed E-state index contributed by atoms with van der Waals surface area (Å²) < 4.78 is 16.8. The molecule has 0 unspecified atom stereocenters. The molecule has 0 atom stereocenters. The number of nitrogens with zero attached hydrogens (tertiary/aromatic N) is 1. The van der Waals surface area contributed by atoms with E-state index in [1.807, 2.05) is 47.8 Å². The molecule has 2 aromatic carbocycles. The third-order valence-electron chi connectivity index (χ3n) is 4.47. The Morgan fingerprint density at radius 1 is 1.12 bits per heavy atom. The molecule has 0 saturated heterocycles. The lowest BCUT2D eigenvalue weighted by Crippen LogP contribution is -2.24. The van der Waals surface area contributed by atoms with Gasteiger partial charge in [0.2, 0.25) is 0 Å². The lowest BCUT2D eigenvalue weighted by atomic mass is 10.1. The number of hydrogen-bond acceptors (Lipinski definition) is 7. The van der Waals surface area contributed by atoms with Crippen LogP contribution in [-0.2, 0) is 9.53 Å². The second-order valence-electron chi connectivity index (χ2n) is 6.65. The van der Waals surface area contributed by atoms with Crippen molar-refractivity contribution in [3.05, 3.63) is 76.5 Å². The Labute approximate surface area is 188 Å². The topological polar surface area (TPSA) is 90.1 Å². The summed E-state index contributed by atoms with van der Waals surface area (Å²) in [6.45, 7) is 1.75. The second kappa shape index (κ2) is 9.93. The Kier molecular flexibility index (Phi) is 6.62. The fourth-order valence-electron chi connectivity index (χ4n) is 3.08. The van der Waals surface area contributed by atoms with Gasteiger partial charge < -0.3 is 13.9 Å². The number of hydrazone groups is 1. The highest BCUT2D eigenvalue weighted by atomic mass is 32.1. The normalized spacial score (nSPS) is 11.0. The maximum Gasteiger partial charge on any atom is 0.342 e. The molecule has 0 spiro atoms. The van der Waals surface area contributed by atoms with Gasteiger partial charge in [0.15, 0.2) is 6.61 Å². The van der Waals surface area contributed by atoms with Crippen LogP contribution in [0.5, 0.6) is 5.75 Å². The van der Waals surface area contributed by atoms with Gasteiger partial charge in [-0.3, -0.25) is 4.79 Å². The zero-order chi connectivity index (χ0) is 22.3. The smallest absolute Gasteiger partial charge is 0.342 e. The van der Waals surface area contributed by atoms with Crippen molar-refractivity contribution in [2.45, 2.75) is 6.92 Å². The summed E-state index contributed by atoms with van der Waals surface area (Å²) in [5.41, 5.74) is 4.02. The predicted molar refractivity (Wildman–Crippen MR) is 123 cm³/mol. The van der Waals surface area contributed by atoms with E-state index < -0.39 is 11.9 Å². The molecule has 0 saturated carbocycles. The van der Waals surface area contributed by atoms with Crippen molar-refractivity contribution in [3.63, 3.8) is 0 Å². The molecule has 0 aliphatic heterocycles. The first-order valence-electron chi connectivity index (χ1n) is 9.93. The first kappa shape index (κ1) is 21.3. The molecule has 0 aliphatic rings. The molecule has 0 bridgehead atoms. The van der Waals surface area contributed by atoms with E-state index in [1.165, 1.54) is 11.3 Å². The Hall–Kier alpha value is -3.91. The van der Waals surface area contributed by atoms with Gasteiger partial charge >= 0.3 is 5.97 Å². The zero-order valence-electron chi connectivity index (χ0n) is 17.2. The van der Waals surface area contributed by atoms with Crippen LogP contribution in [0.4, 0.5) is 0 Å². The summed E-state index contributed by atoms with van der Waals surface area (Å²) in [5, 5.41) is 6.37. The summed E-state index contributed by atoms with van der Waals surface area (Å²) in [6.07, 6.45) is 1.57. The first-order valence-corrected chi connectivity index (χ1v) is 10.8. The Balaban J connectivity index is 1.54. The highest BCUT2D eigenvalue weighted by Crippen LogP contribution is 2.36. The molecule has 4 rings (SSSR count). The highest BCUT2D eigenvalue weighted by molar-refractivity contribution is 7.11. The van der Waals surface area contributed by atoms with E-state index in [9.17, 15) is 9.59 Å². The molecule has 0 radical (unpaired) electrons. The summed E-state index contributed by atoms with van der Waals surface area (Å²) in [7, 11) is 0. The minimum Gasteiger partial charge on any atom is -0.484 e. The summed E-state index contributed by atoms with van der Waals surface area (Å²) in [6, 6.07) is 18.2. The largest absolute Gasteiger partial charge is 0.484 e. The molecule has 7 nitrogen and oxygen atoms in total. The summed E-state index contributed by atoms with van der Waals surface area (Å²) in [5.74, 6) is -0.0405. The standard InChI is InChI=1S/C24H20N2O5S/c1-2-29-24(28)22-19-13-17(30-15-21(27)26-25-14-18-9-6-12-32-18)10-11-20(19)31-23(22)16-7-4-3-5-8-16/h3-14H,2,15H2,1H3,(H,26,27)/b25-14-. The van der Waals surface area contributed by atoms with E-state index in [0.29, 0.717) is 28.0 Å². The van der Waals surface area contributed by atoms with Crippen molar-refractivity contribution in [2.24, 2.45) is 5.10 Å². The number of nitrogens with one attached hydrogen (secondary N) is 1. The first-order chi connectivity index (χ1) is 15.7. The van der Waals surface area contributed by atoms with Gasteiger partial charge in [-0.25, -0.2) is 10.2 Å². The Bertz CT molecular complexity index is 1250. The zero-order valence-corrected chi connectivity index (χ0v) is 18.1. The molecule has 162 valence electrons. The predicted octanol–water partition coefficient (Wildman–Crippen LogP) is 4.87. The quantitative estimate of drug-likeness (QED) is 0.236. The third-order valence-corrected chi connectivity index (χ3v) is 5.28. The molecule has 1 N–H and O–H groups in total. The van der Waals surface area contributed by atoms with Crippen LogP contribution in [0.3, 0.4) is 0 Å². The average Bonchev–Trinajstić information content (AvgIpc) is 3.46. The monoisotopic (exact) mass is 448 g/mol. The average molecular weight is 449 g/mol. The molecule has 4 aromatic rings. The number of ether oxygens (including phenoxy) is 2. The van der Waals surface area contributed by atoms with Crippen LogP contribution in [0.25, 0.3) is 22.3 Å². The molecular weight excluding hydrogens is 428 g/mol. The minimum absolute atomic E-state index is 0.231. The van der Waals surface area contributed by atoms with Crippen LogP contribution in [0, 0.1) is 0 Å². The summed E-state index contributed by atoms with van der Waals surface area (Å²) >= 11 is 1.51. The van der Waals surface area contributed by atoms with Crippen molar-refractivity contribution < 1.29 is 23.5 Å². The minimum atomic E-state index is -0.483. The van der Waals surface area contributed by atoms with E-state index in [1.54, 1.807) is 31.3 Å². The Morgan fingerprint density at radius 2 is 1.97 bits per heavy atom. The van der Waals surface area contributed by atoms with Crippen LogP contribution < -0.4 is 10.2 Å². The third kappa shape index (κ3) is 4.87. The molecule has 0 aliphatic carbocycles. The van der Waals surface area contributed by atoms with Crippen LogP contribution in [0.1, 0.15) is 22.2 Å². The number of thiophene rings is 1. The van der Waals surface area contributed by atoms with Gasteiger partial charge in [-0.2, -0.15) is 5.10 Å². The van der Waals surface area contributed by atoms with Crippen molar-refractivity contribution >= 4 is 40.4 Å². The second-order valence-corrected chi connectivity index (χ2v) is 7.63. The van der Waals surface area contributed by atoms with Crippen molar-refractivity contribution in [1.29, 1.82) is 0 Å². The van der Waals surface area contributed by atoms with Crippen LogP contribution in [0.15, 0.2) is 75.6 Å². The maximum absolute atomic E-state index is 12.7. The fourth-order valence-corrected chi connectivity index (χ4v) is 3.66. The molecule has 1 amide bonds. The van der Waals surface area contributed by atoms with Gasteiger partial charge in [0.25, 0.3) is 5.91 Å². The number of carbonyl (C=O) groups is 2. The fraction of sp³-hybridized carbons (Fsp3) is 0.125. The van der Waals surface area contributed by atoms with Crippen molar-refractivity contribution in [2.75, 3.05) is 13.2 Å². The number of hydrogen-bond donors (Lipinski definition) is 1. The van der Waals surface area contributed by atoms with E-state index in [4.69, 9.17) is 13.9 Å². The molecule has 8 heteroatoms. The van der Waals surface area contributed by atoms with Gasteiger partial charge in [0, 0.05) is 15.8 Å². The van der Waals surface area contributed by atoms with Gasteiger partial charge in [-0.15, -0.1) is 11.3 Å². The Morgan fingerprint density at radius 3 is 2.72 bits per heavy atom. The van der Waals surface area contributed by atoms with E-state index in [-0.39, 0.29) is 13.2 Å². The number of carbonyl (C=O) groups excluding carboxylic acids is 2. The van der Waals surface area contributed by atoms with Crippen molar-refractivity contribution in [3.8, 4) is 17.1 Å². The van der Waals surface area contributed by atoms with Gasteiger partial charge in [0.05, 0.1) is 12.8 Å². The maximum atomic E-state index is 12.7. The van der Waals surface area contributed by atoms with E-state index >= 15 is 0 Å². The van der Waals surface area contributed by atoms with Crippen LogP contribution in [-0.4, -0.2) is 31.3 Å². The lowest BCUT2D eigenvalue weighted by molar-refractivity contribution is -0.123. The van der Waals surface area contributed by atoms with E-state index in [2.05, 4.69) is 10.5 Å². The number of fused-ring (bicyclic) bond motifs is 1. The lowest BCUT2D eigenvalue weighted by Gasteiger charge is -2.06. The molecule has 2 aromatic heterocycles. The van der Waals surface area contributed by atoms with Gasteiger partial charge in [-0.05, 0) is 36.6 Å².